The molecule has 7 nitrogen and oxygen atoms in total. The highest BCUT2D eigenvalue weighted by Gasteiger charge is 2.18. The van der Waals surface area contributed by atoms with Crippen LogP contribution in [0.2, 0.25) is 0 Å². The van der Waals surface area contributed by atoms with Gasteiger partial charge in [0.2, 0.25) is 0 Å². The van der Waals surface area contributed by atoms with E-state index in [-0.39, 0.29) is 18.3 Å². The molecule has 0 aromatic carbocycles. The molecule has 2 aromatic rings. The zero-order valence-corrected chi connectivity index (χ0v) is 15.1. The first-order valence-corrected chi connectivity index (χ1v) is 8.57. The van der Waals surface area contributed by atoms with Crippen molar-refractivity contribution < 1.29 is 23.5 Å². The van der Waals surface area contributed by atoms with E-state index in [0.29, 0.717) is 27.9 Å². The summed E-state index contributed by atoms with van der Waals surface area (Å²) in [6.45, 7) is 5.86. The summed E-state index contributed by atoms with van der Waals surface area (Å²) in [6.07, 6.45) is 1.40. The second-order valence-electron chi connectivity index (χ2n) is 5.83. The van der Waals surface area contributed by atoms with E-state index in [4.69, 9.17) is 9.15 Å². The van der Waals surface area contributed by atoms with E-state index >= 15 is 0 Å². The first kappa shape index (κ1) is 18.7. The van der Waals surface area contributed by atoms with Crippen LogP contribution in [0.5, 0.6) is 0 Å². The normalized spacial score (nSPS) is 10.6. The Morgan fingerprint density at radius 2 is 2.08 bits per heavy atom. The fourth-order valence-corrected chi connectivity index (χ4v) is 2.85. The minimum atomic E-state index is -0.597. The van der Waals surface area contributed by atoms with Crippen LogP contribution in [-0.2, 0) is 9.53 Å². The fourth-order valence-electron chi connectivity index (χ4n) is 1.89. The first-order valence-electron chi connectivity index (χ1n) is 7.76. The van der Waals surface area contributed by atoms with Gasteiger partial charge in [-0.3, -0.25) is 9.59 Å². The number of amides is 2. The van der Waals surface area contributed by atoms with E-state index < -0.39 is 11.9 Å². The lowest BCUT2D eigenvalue weighted by atomic mass is 10.2. The Hall–Kier alpha value is -2.61. The van der Waals surface area contributed by atoms with Crippen LogP contribution in [0.25, 0.3) is 0 Å². The third-order valence-electron chi connectivity index (χ3n) is 3.13. The molecule has 0 spiro atoms. The van der Waals surface area contributed by atoms with E-state index in [1.54, 1.807) is 25.1 Å². The molecule has 2 rings (SSSR count). The predicted octanol–water partition coefficient (Wildman–Crippen LogP) is 2.83. The Labute approximate surface area is 149 Å². The Kier molecular flexibility index (Phi) is 6.35. The summed E-state index contributed by atoms with van der Waals surface area (Å²) < 4.78 is 10.0. The van der Waals surface area contributed by atoms with Gasteiger partial charge in [0.25, 0.3) is 11.8 Å². The number of ether oxygens (including phenoxy) is 1. The van der Waals surface area contributed by atoms with Crippen molar-refractivity contribution in [2.75, 3.05) is 18.5 Å². The van der Waals surface area contributed by atoms with E-state index in [1.165, 1.54) is 6.26 Å². The molecule has 2 amide bonds. The van der Waals surface area contributed by atoms with Crippen LogP contribution >= 0.6 is 11.3 Å². The van der Waals surface area contributed by atoms with Crippen molar-refractivity contribution in [1.82, 2.24) is 5.32 Å². The minimum Gasteiger partial charge on any atom is -0.459 e. The highest BCUT2D eigenvalue weighted by Crippen LogP contribution is 2.27. The first-order chi connectivity index (χ1) is 11.9. The van der Waals surface area contributed by atoms with Crippen molar-refractivity contribution in [2.45, 2.75) is 20.8 Å². The van der Waals surface area contributed by atoms with Crippen molar-refractivity contribution in [3.05, 3.63) is 40.7 Å². The highest BCUT2D eigenvalue weighted by atomic mass is 32.1. The summed E-state index contributed by atoms with van der Waals surface area (Å²) in [5, 5.41) is 5.82. The average Bonchev–Trinajstić information content (AvgIpc) is 3.20. The van der Waals surface area contributed by atoms with Gasteiger partial charge >= 0.3 is 5.97 Å². The fraction of sp³-hybridized carbons (Fsp3) is 0.353. The number of hydrogen-bond acceptors (Lipinski definition) is 6. The maximum atomic E-state index is 12.1. The van der Waals surface area contributed by atoms with Gasteiger partial charge in [-0.25, -0.2) is 4.79 Å². The van der Waals surface area contributed by atoms with Gasteiger partial charge in [-0.05, 0) is 36.6 Å². The van der Waals surface area contributed by atoms with Crippen LogP contribution in [0.4, 0.5) is 5.00 Å². The monoisotopic (exact) mass is 364 g/mol. The summed E-state index contributed by atoms with van der Waals surface area (Å²) in [7, 11) is 0. The van der Waals surface area contributed by atoms with Crippen LogP contribution in [0.15, 0.2) is 28.9 Å². The number of nitrogens with one attached hydrogen (secondary N) is 2. The van der Waals surface area contributed by atoms with Gasteiger partial charge in [0.1, 0.15) is 4.88 Å². The van der Waals surface area contributed by atoms with E-state index in [2.05, 4.69) is 10.6 Å². The van der Waals surface area contributed by atoms with Crippen molar-refractivity contribution in [3.63, 3.8) is 0 Å². The smallest absolute Gasteiger partial charge is 0.349 e. The zero-order chi connectivity index (χ0) is 18.4. The quantitative estimate of drug-likeness (QED) is 0.736. The molecule has 0 aliphatic carbocycles. The molecule has 0 atom stereocenters. The number of furan rings is 1. The minimum absolute atomic E-state index is 0.178. The Balaban J connectivity index is 1.91. The standard InChI is InChI=1S/C17H20N2O5S/c1-10(2)8-18-13(20)9-24-17(22)15-11(3)7-14(25-15)19-16(21)12-5-4-6-23-12/h4-7,10H,8-9H2,1-3H3,(H,18,20)(H,19,21). The van der Waals surface area contributed by atoms with Gasteiger partial charge in [-0.1, -0.05) is 13.8 Å². The number of aryl methyl sites for hydroxylation is 1. The molecule has 0 aliphatic rings. The highest BCUT2D eigenvalue weighted by molar-refractivity contribution is 7.18. The van der Waals surface area contributed by atoms with Crippen molar-refractivity contribution >= 4 is 34.1 Å². The van der Waals surface area contributed by atoms with Crippen LogP contribution in [0.1, 0.15) is 39.6 Å². The lowest BCUT2D eigenvalue weighted by molar-refractivity contribution is -0.124. The Bertz CT molecular complexity index is 749. The number of anilines is 1. The molecule has 0 bridgehead atoms. The van der Waals surface area contributed by atoms with Crippen LogP contribution in [0.3, 0.4) is 0 Å². The second-order valence-corrected chi connectivity index (χ2v) is 6.88. The molecular weight excluding hydrogens is 344 g/mol. The van der Waals surface area contributed by atoms with Crippen molar-refractivity contribution in [3.8, 4) is 0 Å². The number of rotatable bonds is 7. The van der Waals surface area contributed by atoms with Gasteiger partial charge in [-0.15, -0.1) is 11.3 Å². The summed E-state index contributed by atoms with van der Waals surface area (Å²) in [5.41, 5.74) is 0.660. The van der Waals surface area contributed by atoms with Crippen LogP contribution in [0, 0.1) is 12.8 Å². The Morgan fingerprint density at radius 3 is 2.72 bits per heavy atom. The molecule has 0 saturated carbocycles. The number of carbonyl (C=O) groups is 3. The largest absolute Gasteiger partial charge is 0.459 e. The molecule has 8 heteroatoms. The molecule has 134 valence electrons. The number of carbonyl (C=O) groups excluding carboxylic acids is 3. The number of esters is 1. The topological polar surface area (TPSA) is 97.6 Å². The molecule has 0 saturated heterocycles. The lowest BCUT2D eigenvalue weighted by Crippen LogP contribution is -2.31. The van der Waals surface area contributed by atoms with Crippen molar-refractivity contribution in [1.29, 1.82) is 0 Å². The van der Waals surface area contributed by atoms with Crippen molar-refractivity contribution in [2.24, 2.45) is 5.92 Å². The molecule has 0 fully saturated rings. The number of thiophene rings is 1. The van der Waals surface area contributed by atoms with Crippen LogP contribution < -0.4 is 10.6 Å². The third-order valence-corrected chi connectivity index (χ3v) is 4.26. The van der Waals surface area contributed by atoms with Gasteiger partial charge in [0.05, 0.1) is 11.3 Å². The number of hydrogen-bond donors (Lipinski definition) is 2. The molecule has 0 radical (unpaired) electrons. The molecular formula is C17H20N2O5S. The van der Waals surface area contributed by atoms with Gasteiger partial charge in [0.15, 0.2) is 12.4 Å². The van der Waals surface area contributed by atoms with E-state index in [1.807, 2.05) is 13.8 Å². The Morgan fingerprint density at radius 1 is 1.32 bits per heavy atom. The molecule has 2 heterocycles. The van der Waals surface area contributed by atoms with Gasteiger partial charge < -0.3 is 19.8 Å². The molecule has 25 heavy (non-hydrogen) atoms. The van der Waals surface area contributed by atoms with Crippen LogP contribution in [-0.4, -0.2) is 30.9 Å². The third kappa shape index (κ3) is 5.46. The zero-order valence-electron chi connectivity index (χ0n) is 14.3. The van der Waals surface area contributed by atoms with Gasteiger partial charge in [-0.2, -0.15) is 0 Å². The maximum absolute atomic E-state index is 12.1. The molecule has 2 aromatic heterocycles. The average molecular weight is 364 g/mol. The SMILES string of the molecule is Cc1cc(NC(=O)c2ccco2)sc1C(=O)OCC(=O)NCC(C)C. The van der Waals surface area contributed by atoms with E-state index in [9.17, 15) is 14.4 Å². The lowest BCUT2D eigenvalue weighted by Gasteiger charge is -2.08. The van der Waals surface area contributed by atoms with E-state index in [0.717, 1.165) is 11.3 Å². The second kappa shape index (κ2) is 8.48. The summed E-state index contributed by atoms with van der Waals surface area (Å²) in [6, 6.07) is 4.82. The molecule has 0 aliphatic heterocycles. The summed E-state index contributed by atoms with van der Waals surface area (Å²) in [5.74, 6) is -0.848. The predicted molar refractivity (Wildman–Crippen MR) is 93.8 cm³/mol. The van der Waals surface area contributed by atoms with Gasteiger partial charge in [0, 0.05) is 6.54 Å². The molecule has 0 unspecified atom stereocenters. The summed E-state index contributed by atoms with van der Waals surface area (Å²) >= 11 is 1.08. The molecule has 2 N–H and O–H groups in total. The summed E-state index contributed by atoms with van der Waals surface area (Å²) in [4.78, 5) is 36.0. The maximum Gasteiger partial charge on any atom is 0.349 e.